The van der Waals surface area contributed by atoms with Crippen molar-refractivity contribution in [3.63, 3.8) is 0 Å². The average Bonchev–Trinajstić information content (AvgIpc) is 3.09. The molecule has 0 radical (unpaired) electrons. The molecule has 1 aromatic heterocycles. The second-order valence-corrected chi connectivity index (χ2v) is 5.69. The molecule has 0 bridgehead atoms. The third kappa shape index (κ3) is 2.50. The van der Waals surface area contributed by atoms with Crippen molar-refractivity contribution >= 4 is 17.9 Å². The van der Waals surface area contributed by atoms with Crippen LogP contribution in [0, 0.1) is 0 Å². The molecule has 0 unspecified atom stereocenters. The van der Waals surface area contributed by atoms with Crippen LogP contribution in [0.2, 0.25) is 5.15 Å². The van der Waals surface area contributed by atoms with Gasteiger partial charge >= 0.3 is 0 Å². The van der Waals surface area contributed by atoms with Gasteiger partial charge in [-0.3, -0.25) is 4.79 Å². The van der Waals surface area contributed by atoms with Crippen LogP contribution < -0.4 is 0 Å². The molecule has 1 saturated carbocycles. The van der Waals surface area contributed by atoms with Crippen LogP contribution in [0.1, 0.15) is 53.2 Å². The van der Waals surface area contributed by atoms with Gasteiger partial charge in [-0.15, -0.1) is 0 Å². The zero-order chi connectivity index (χ0) is 13.9. The molecular weight excluding hydrogens is 272 g/mol. The van der Waals surface area contributed by atoms with E-state index in [1.54, 1.807) is 4.68 Å². The molecule has 20 heavy (non-hydrogen) atoms. The lowest BCUT2D eigenvalue weighted by atomic mass is 10.0. The molecule has 0 N–H and O–H groups in total. The Kier molecular flexibility index (Phi) is 3.88. The summed E-state index contributed by atoms with van der Waals surface area (Å²) in [4.78, 5) is 11.3. The van der Waals surface area contributed by atoms with Crippen LogP contribution in [0.4, 0.5) is 0 Å². The lowest BCUT2D eigenvalue weighted by molar-refractivity contribution is 0.112. The number of rotatable bonds is 4. The monoisotopic (exact) mass is 288 g/mol. The Hall–Kier alpha value is -1.61. The van der Waals surface area contributed by atoms with Gasteiger partial charge in [-0.1, -0.05) is 54.8 Å². The number of halogens is 1. The fourth-order valence-electron chi connectivity index (χ4n) is 2.94. The van der Waals surface area contributed by atoms with E-state index in [1.807, 2.05) is 30.3 Å². The predicted octanol–water partition coefficient (Wildman–Crippen LogP) is 4.05. The van der Waals surface area contributed by atoms with Crippen LogP contribution in [0.25, 0.3) is 0 Å². The maximum Gasteiger partial charge on any atom is 0.155 e. The number of benzene rings is 1. The lowest BCUT2D eigenvalue weighted by Gasteiger charge is -2.05. The minimum absolute atomic E-state index is 0.393. The Balaban J connectivity index is 1.93. The molecule has 4 heteroatoms. The highest BCUT2D eigenvalue weighted by Gasteiger charge is 2.26. The molecule has 0 amide bonds. The zero-order valence-electron chi connectivity index (χ0n) is 11.3. The van der Waals surface area contributed by atoms with E-state index in [4.69, 9.17) is 11.6 Å². The van der Waals surface area contributed by atoms with E-state index in [0.29, 0.717) is 23.2 Å². The SMILES string of the molecule is O=Cc1c(C2CCCC2)nn(Cc2ccccc2)c1Cl. The van der Waals surface area contributed by atoms with Crippen molar-refractivity contribution in [2.24, 2.45) is 0 Å². The molecule has 0 aliphatic heterocycles. The Morgan fingerprint density at radius 1 is 1.25 bits per heavy atom. The number of hydrogen-bond donors (Lipinski definition) is 0. The van der Waals surface area contributed by atoms with Gasteiger partial charge in [-0.2, -0.15) is 5.10 Å². The summed E-state index contributed by atoms with van der Waals surface area (Å²) in [6.07, 6.45) is 5.50. The molecule has 0 atom stereocenters. The lowest BCUT2D eigenvalue weighted by Crippen LogP contribution is -2.03. The standard InChI is InChI=1S/C16H17ClN2O/c17-16-14(11-20)15(13-8-4-5-9-13)18-19(16)10-12-6-2-1-3-7-12/h1-3,6-7,11,13H,4-5,8-10H2. The van der Waals surface area contributed by atoms with Crippen molar-refractivity contribution in [1.29, 1.82) is 0 Å². The van der Waals surface area contributed by atoms with Gasteiger partial charge in [0.2, 0.25) is 0 Å². The van der Waals surface area contributed by atoms with E-state index in [2.05, 4.69) is 5.10 Å². The maximum absolute atomic E-state index is 11.3. The van der Waals surface area contributed by atoms with Crippen molar-refractivity contribution < 1.29 is 4.79 Å². The van der Waals surface area contributed by atoms with Crippen molar-refractivity contribution in [3.05, 3.63) is 52.3 Å². The maximum atomic E-state index is 11.3. The van der Waals surface area contributed by atoms with E-state index in [-0.39, 0.29) is 0 Å². The van der Waals surface area contributed by atoms with Gasteiger partial charge in [-0.25, -0.2) is 4.68 Å². The fraction of sp³-hybridized carbons (Fsp3) is 0.375. The molecule has 3 rings (SSSR count). The summed E-state index contributed by atoms with van der Waals surface area (Å²) in [5, 5.41) is 5.07. The summed E-state index contributed by atoms with van der Waals surface area (Å²) in [6.45, 7) is 0.604. The molecular formula is C16H17ClN2O. The highest BCUT2D eigenvalue weighted by molar-refractivity contribution is 6.32. The summed E-state index contributed by atoms with van der Waals surface area (Å²) in [5.41, 5.74) is 2.60. The van der Waals surface area contributed by atoms with Crippen molar-refractivity contribution in [3.8, 4) is 0 Å². The third-order valence-electron chi connectivity index (χ3n) is 3.99. The van der Waals surface area contributed by atoms with Gasteiger partial charge in [0.15, 0.2) is 6.29 Å². The molecule has 104 valence electrons. The van der Waals surface area contributed by atoms with Gasteiger partial charge in [-0.05, 0) is 18.4 Å². The van der Waals surface area contributed by atoms with Crippen molar-refractivity contribution in [1.82, 2.24) is 9.78 Å². The molecule has 2 aromatic rings. The summed E-state index contributed by atoms with van der Waals surface area (Å²) >= 11 is 6.33. The first-order chi connectivity index (χ1) is 9.79. The quantitative estimate of drug-likeness (QED) is 0.795. The van der Waals surface area contributed by atoms with E-state index < -0.39 is 0 Å². The fourth-order valence-corrected chi connectivity index (χ4v) is 3.18. The van der Waals surface area contributed by atoms with Gasteiger partial charge in [0.05, 0.1) is 17.8 Å². The Morgan fingerprint density at radius 2 is 1.95 bits per heavy atom. The van der Waals surface area contributed by atoms with Crippen molar-refractivity contribution in [2.45, 2.75) is 38.1 Å². The van der Waals surface area contributed by atoms with Crippen LogP contribution in [0.3, 0.4) is 0 Å². The van der Waals surface area contributed by atoms with E-state index in [1.165, 1.54) is 12.8 Å². The minimum Gasteiger partial charge on any atom is -0.298 e. The zero-order valence-corrected chi connectivity index (χ0v) is 12.0. The molecule has 1 aliphatic rings. The van der Waals surface area contributed by atoms with Gasteiger partial charge < -0.3 is 0 Å². The first kappa shape index (κ1) is 13.4. The van der Waals surface area contributed by atoms with Crippen LogP contribution in [0.5, 0.6) is 0 Å². The highest BCUT2D eigenvalue weighted by atomic mass is 35.5. The topological polar surface area (TPSA) is 34.9 Å². The largest absolute Gasteiger partial charge is 0.298 e. The number of hydrogen-bond acceptors (Lipinski definition) is 2. The van der Waals surface area contributed by atoms with Gasteiger partial charge in [0.25, 0.3) is 0 Å². The van der Waals surface area contributed by atoms with Crippen LogP contribution in [0.15, 0.2) is 30.3 Å². The molecule has 1 heterocycles. The van der Waals surface area contributed by atoms with E-state index in [0.717, 1.165) is 30.4 Å². The minimum atomic E-state index is 0.393. The Bertz CT molecular complexity index is 600. The Morgan fingerprint density at radius 3 is 2.60 bits per heavy atom. The number of aldehydes is 1. The summed E-state index contributed by atoms with van der Waals surface area (Å²) in [6, 6.07) is 10.0. The second kappa shape index (κ2) is 5.80. The highest BCUT2D eigenvalue weighted by Crippen LogP contribution is 2.36. The number of aromatic nitrogens is 2. The first-order valence-corrected chi connectivity index (χ1v) is 7.42. The first-order valence-electron chi connectivity index (χ1n) is 7.05. The summed E-state index contributed by atoms with van der Waals surface area (Å²) in [7, 11) is 0. The van der Waals surface area contributed by atoms with Crippen LogP contribution in [-0.4, -0.2) is 16.1 Å². The summed E-state index contributed by atoms with van der Waals surface area (Å²) < 4.78 is 1.74. The van der Waals surface area contributed by atoms with Crippen molar-refractivity contribution in [2.75, 3.05) is 0 Å². The van der Waals surface area contributed by atoms with E-state index in [9.17, 15) is 4.79 Å². The second-order valence-electron chi connectivity index (χ2n) is 5.33. The van der Waals surface area contributed by atoms with Gasteiger partial charge in [0, 0.05) is 5.92 Å². The van der Waals surface area contributed by atoms with Crippen LogP contribution in [-0.2, 0) is 6.54 Å². The summed E-state index contributed by atoms with van der Waals surface area (Å²) in [5.74, 6) is 0.393. The number of nitrogens with zero attached hydrogens (tertiary/aromatic N) is 2. The Labute approximate surface area is 123 Å². The van der Waals surface area contributed by atoms with Crippen LogP contribution >= 0.6 is 11.6 Å². The normalized spacial score (nSPS) is 15.7. The molecule has 0 saturated heterocycles. The number of carbonyl (C=O) groups excluding carboxylic acids is 1. The molecule has 1 aliphatic carbocycles. The van der Waals surface area contributed by atoms with E-state index >= 15 is 0 Å². The predicted molar refractivity (Wildman–Crippen MR) is 79.4 cm³/mol. The smallest absolute Gasteiger partial charge is 0.155 e. The molecule has 1 aromatic carbocycles. The van der Waals surface area contributed by atoms with Gasteiger partial charge in [0.1, 0.15) is 5.15 Å². The number of carbonyl (C=O) groups is 1. The average molecular weight is 289 g/mol. The third-order valence-corrected chi connectivity index (χ3v) is 4.39. The molecule has 0 spiro atoms. The molecule has 1 fully saturated rings. The molecule has 3 nitrogen and oxygen atoms in total.